The molecule has 7 heteroatoms. The Hall–Kier alpha value is -2.83. The van der Waals surface area contributed by atoms with Gasteiger partial charge in [0.05, 0.1) is 6.54 Å². The van der Waals surface area contributed by atoms with Gasteiger partial charge in [0.25, 0.3) is 5.56 Å². The number of aromatic nitrogens is 2. The van der Waals surface area contributed by atoms with E-state index in [0.29, 0.717) is 23.9 Å². The second-order valence-electron chi connectivity index (χ2n) is 4.76. The molecule has 0 spiro atoms. The maximum Gasteiger partial charge on any atom is 0.252 e. The first-order valence-corrected chi connectivity index (χ1v) is 6.39. The lowest BCUT2D eigenvalue weighted by molar-refractivity contribution is -0.116. The zero-order valence-corrected chi connectivity index (χ0v) is 11.7. The van der Waals surface area contributed by atoms with Crippen molar-refractivity contribution in [1.29, 1.82) is 0 Å². The van der Waals surface area contributed by atoms with Gasteiger partial charge in [-0.1, -0.05) is 12.1 Å². The smallest absolute Gasteiger partial charge is 0.252 e. The molecule has 21 heavy (non-hydrogen) atoms. The SMILES string of the molecule is Cc1nc(N(CC(N)=O)Cc2cccc(N)c2)cc(=O)[nH]1. The lowest BCUT2D eigenvalue weighted by atomic mass is 10.2. The van der Waals surface area contributed by atoms with Crippen molar-refractivity contribution in [2.75, 3.05) is 17.2 Å². The summed E-state index contributed by atoms with van der Waals surface area (Å²) in [6, 6.07) is 8.61. The second-order valence-corrected chi connectivity index (χ2v) is 4.76. The predicted molar refractivity (Wildman–Crippen MR) is 80.7 cm³/mol. The van der Waals surface area contributed by atoms with E-state index in [9.17, 15) is 9.59 Å². The molecule has 0 aliphatic rings. The summed E-state index contributed by atoms with van der Waals surface area (Å²) in [4.78, 5) is 31.2. The molecule has 110 valence electrons. The van der Waals surface area contributed by atoms with Crippen LogP contribution in [0.1, 0.15) is 11.4 Å². The molecule has 0 aliphatic heterocycles. The topological polar surface area (TPSA) is 118 Å². The number of aromatic amines is 1. The number of benzene rings is 1. The molecule has 0 aliphatic carbocycles. The van der Waals surface area contributed by atoms with E-state index in [1.165, 1.54) is 6.07 Å². The van der Waals surface area contributed by atoms with Crippen LogP contribution in [0, 0.1) is 6.92 Å². The molecular weight excluding hydrogens is 270 g/mol. The van der Waals surface area contributed by atoms with Crippen LogP contribution in [0.2, 0.25) is 0 Å². The maximum atomic E-state index is 11.5. The highest BCUT2D eigenvalue weighted by Crippen LogP contribution is 2.14. The van der Waals surface area contributed by atoms with Gasteiger partial charge in [-0.25, -0.2) is 4.98 Å². The third-order valence-corrected chi connectivity index (χ3v) is 2.84. The number of primary amides is 1. The number of H-pyrrole nitrogens is 1. The summed E-state index contributed by atoms with van der Waals surface area (Å²) in [7, 11) is 0. The van der Waals surface area contributed by atoms with Crippen molar-refractivity contribution in [2.24, 2.45) is 5.73 Å². The van der Waals surface area contributed by atoms with Gasteiger partial charge in [0.2, 0.25) is 5.91 Å². The first-order chi connectivity index (χ1) is 9.94. The molecule has 0 bridgehead atoms. The van der Waals surface area contributed by atoms with Gasteiger partial charge < -0.3 is 21.4 Å². The maximum absolute atomic E-state index is 11.5. The molecule has 0 unspecified atom stereocenters. The highest BCUT2D eigenvalue weighted by Gasteiger charge is 2.13. The third kappa shape index (κ3) is 4.07. The van der Waals surface area contributed by atoms with Crippen molar-refractivity contribution in [3.63, 3.8) is 0 Å². The number of amides is 1. The molecule has 1 amide bonds. The summed E-state index contributed by atoms with van der Waals surface area (Å²) in [5, 5.41) is 0. The minimum Gasteiger partial charge on any atom is -0.399 e. The van der Waals surface area contributed by atoms with Crippen molar-refractivity contribution < 1.29 is 4.79 Å². The van der Waals surface area contributed by atoms with Crippen molar-refractivity contribution in [3.8, 4) is 0 Å². The minimum absolute atomic E-state index is 0.0370. The van der Waals surface area contributed by atoms with Crippen LogP contribution in [0.15, 0.2) is 35.1 Å². The van der Waals surface area contributed by atoms with Crippen molar-refractivity contribution in [3.05, 3.63) is 52.1 Å². The van der Waals surface area contributed by atoms with Crippen molar-refractivity contribution >= 4 is 17.4 Å². The van der Waals surface area contributed by atoms with Gasteiger partial charge in [0.15, 0.2) is 0 Å². The fourth-order valence-electron chi connectivity index (χ4n) is 2.04. The van der Waals surface area contributed by atoms with E-state index in [1.54, 1.807) is 24.0 Å². The van der Waals surface area contributed by atoms with Crippen LogP contribution in [-0.4, -0.2) is 22.4 Å². The molecule has 2 aromatic rings. The van der Waals surface area contributed by atoms with E-state index in [2.05, 4.69) is 9.97 Å². The van der Waals surface area contributed by atoms with E-state index in [4.69, 9.17) is 11.5 Å². The Bertz CT molecular complexity index is 711. The van der Waals surface area contributed by atoms with Gasteiger partial charge in [0, 0.05) is 18.3 Å². The number of hydrogen-bond acceptors (Lipinski definition) is 5. The van der Waals surface area contributed by atoms with E-state index in [1.807, 2.05) is 12.1 Å². The van der Waals surface area contributed by atoms with E-state index in [-0.39, 0.29) is 12.1 Å². The van der Waals surface area contributed by atoms with Crippen LogP contribution >= 0.6 is 0 Å². The van der Waals surface area contributed by atoms with Crippen LogP contribution in [0.4, 0.5) is 11.5 Å². The molecule has 7 nitrogen and oxygen atoms in total. The Kier molecular flexibility index (Phi) is 4.22. The van der Waals surface area contributed by atoms with Crippen LogP contribution in [-0.2, 0) is 11.3 Å². The summed E-state index contributed by atoms with van der Waals surface area (Å²) in [5.41, 5.74) is 12.3. The molecule has 1 aromatic carbocycles. The number of hydrogen-bond donors (Lipinski definition) is 3. The molecule has 0 atom stereocenters. The van der Waals surface area contributed by atoms with Gasteiger partial charge in [0.1, 0.15) is 11.6 Å². The number of anilines is 2. The van der Waals surface area contributed by atoms with Crippen LogP contribution in [0.5, 0.6) is 0 Å². The molecule has 2 rings (SSSR count). The van der Waals surface area contributed by atoms with Gasteiger partial charge >= 0.3 is 0 Å². The van der Waals surface area contributed by atoms with E-state index < -0.39 is 5.91 Å². The number of nitrogens with zero attached hydrogens (tertiary/aromatic N) is 2. The molecule has 0 saturated heterocycles. The Morgan fingerprint density at radius 3 is 2.76 bits per heavy atom. The zero-order valence-electron chi connectivity index (χ0n) is 11.7. The summed E-state index contributed by atoms with van der Waals surface area (Å²) in [6.07, 6.45) is 0. The van der Waals surface area contributed by atoms with Crippen molar-refractivity contribution in [2.45, 2.75) is 13.5 Å². The Morgan fingerprint density at radius 1 is 1.38 bits per heavy atom. The standard InChI is InChI=1S/C14H17N5O2/c1-9-17-13(6-14(21)18-9)19(8-12(16)20)7-10-3-2-4-11(15)5-10/h2-6H,7-8,15H2,1H3,(H2,16,20)(H,17,18,21). The van der Waals surface area contributed by atoms with E-state index in [0.717, 1.165) is 5.56 Å². The summed E-state index contributed by atoms with van der Waals surface area (Å²) >= 11 is 0. The fraction of sp³-hybridized carbons (Fsp3) is 0.214. The number of nitrogens with one attached hydrogen (secondary N) is 1. The molecule has 1 heterocycles. The van der Waals surface area contributed by atoms with Crippen LogP contribution in [0.3, 0.4) is 0 Å². The first kappa shape index (κ1) is 14.6. The van der Waals surface area contributed by atoms with Crippen LogP contribution in [0.25, 0.3) is 0 Å². The minimum atomic E-state index is -0.501. The molecule has 1 aromatic heterocycles. The second kappa shape index (κ2) is 6.08. The molecule has 0 radical (unpaired) electrons. The summed E-state index contributed by atoms with van der Waals surface area (Å²) < 4.78 is 0. The number of rotatable bonds is 5. The highest BCUT2D eigenvalue weighted by molar-refractivity contribution is 5.79. The van der Waals surface area contributed by atoms with Crippen molar-refractivity contribution in [1.82, 2.24) is 9.97 Å². The summed E-state index contributed by atoms with van der Waals surface area (Å²) in [6.45, 7) is 2.02. The monoisotopic (exact) mass is 287 g/mol. The fourth-order valence-corrected chi connectivity index (χ4v) is 2.04. The van der Waals surface area contributed by atoms with Gasteiger partial charge in [-0.05, 0) is 24.6 Å². The average molecular weight is 287 g/mol. The summed E-state index contributed by atoms with van der Waals surface area (Å²) in [5.74, 6) is 0.371. The quantitative estimate of drug-likeness (QED) is 0.677. The Morgan fingerprint density at radius 2 is 2.14 bits per heavy atom. The Labute approximate surface area is 121 Å². The average Bonchev–Trinajstić information content (AvgIpc) is 2.36. The predicted octanol–water partition coefficient (Wildman–Crippen LogP) is 0.152. The lowest BCUT2D eigenvalue weighted by Gasteiger charge is -2.22. The molecular formula is C14H17N5O2. The zero-order chi connectivity index (χ0) is 15.4. The number of nitrogens with two attached hydrogens (primary N) is 2. The number of carbonyl (C=O) groups excluding carboxylic acids is 1. The van der Waals surface area contributed by atoms with Gasteiger partial charge in [-0.3, -0.25) is 9.59 Å². The molecule has 0 saturated carbocycles. The molecule has 5 N–H and O–H groups in total. The van der Waals surface area contributed by atoms with E-state index >= 15 is 0 Å². The Balaban J connectivity index is 2.33. The molecule has 0 fully saturated rings. The lowest BCUT2D eigenvalue weighted by Crippen LogP contribution is -2.34. The first-order valence-electron chi connectivity index (χ1n) is 6.39. The largest absolute Gasteiger partial charge is 0.399 e. The van der Waals surface area contributed by atoms with Gasteiger partial charge in [-0.15, -0.1) is 0 Å². The third-order valence-electron chi connectivity index (χ3n) is 2.84. The number of nitrogen functional groups attached to an aromatic ring is 1. The highest BCUT2D eigenvalue weighted by atomic mass is 16.1. The van der Waals surface area contributed by atoms with Crippen LogP contribution < -0.4 is 21.9 Å². The number of carbonyl (C=O) groups is 1. The van der Waals surface area contributed by atoms with Gasteiger partial charge in [-0.2, -0.15) is 0 Å². The number of aryl methyl sites for hydroxylation is 1. The normalized spacial score (nSPS) is 10.3.